The molecule has 1 aromatic carbocycles. The van der Waals surface area contributed by atoms with E-state index in [1.807, 2.05) is 0 Å². The molecule has 3 heteroatoms. The van der Waals surface area contributed by atoms with E-state index < -0.39 is 0 Å². The van der Waals surface area contributed by atoms with Gasteiger partial charge in [0.15, 0.2) is 5.13 Å². The van der Waals surface area contributed by atoms with Crippen molar-refractivity contribution in [3.05, 3.63) is 23.3 Å². The normalized spacial score (nSPS) is 37.5. The van der Waals surface area contributed by atoms with Gasteiger partial charge in [0.25, 0.3) is 0 Å². The summed E-state index contributed by atoms with van der Waals surface area (Å²) >= 11 is 1.65. The minimum atomic E-state index is 0.479. The Morgan fingerprint density at radius 3 is 2.33 bits per heavy atom. The third kappa shape index (κ3) is 1.73. The van der Waals surface area contributed by atoms with Crippen LogP contribution in [-0.4, -0.2) is 4.98 Å². The Bertz CT molecular complexity index is 695. The first-order valence-electron chi connectivity index (χ1n) is 8.28. The zero-order valence-corrected chi connectivity index (χ0v) is 13.4. The number of hydrogen-bond acceptors (Lipinski definition) is 3. The average Bonchev–Trinajstić information content (AvgIpc) is 2.78. The molecule has 1 aromatic heterocycles. The summed E-state index contributed by atoms with van der Waals surface area (Å²) in [6, 6.07) is 4.85. The topological polar surface area (TPSA) is 38.9 Å². The molecule has 0 radical (unpaired) electrons. The first kappa shape index (κ1) is 12.5. The second-order valence-electron chi connectivity index (χ2n) is 7.89. The smallest absolute Gasteiger partial charge is 0.181 e. The number of rotatable bonds is 1. The van der Waals surface area contributed by atoms with Gasteiger partial charge in [-0.3, -0.25) is 0 Å². The molecule has 4 aliphatic carbocycles. The van der Waals surface area contributed by atoms with Crippen LogP contribution < -0.4 is 5.73 Å². The fraction of sp³-hybridized carbons (Fsp3) is 0.611. The van der Waals surface area contributed by atoms with Crippen LogP contribution in [0.4, 0.5) is 5.13 Å². The summed E-state index contributed by atoms with van der Waals surface area (Å²) in [6.07, 6.45) is 8.81. The number of nitrogens with two attached hydrogens (primary N) is 1. The van der Waals surface area contributed by atoms with E-state index >= 15 is 0 Å². The third-order valence-corrected chi connectivity index (χ3v) is 7.18. The number of fused-ring (bicyclic) bond motifs is 1. The monoisotopic (exact) mass is 298 g/mol. The fourth-order valence-electron chi connectivity index (χ4n) is 5.98. The zero-order chi connectivity index (χ0) is 14.2. The molecule has 4 fully saturated rings. The lowest BCUT2D eigenvalue weighted by atomic mass is 9.48. The number of nitrogens with zero attached hydrogens (tertiary/aromatic N) is 1. The second-order valence-corrected chi connectivity index (χ2v) is 8.95. The molecule has 2 aromatic rings. The molecule has 0 aliphatic heterocycles. The zero-order valence-electron chi connectivity index (χ0n) is 12.6. The van der Waals surface area contributed by atoms with E-state index in [9.17, 15) is 0 Å². The van der Waals surface area contributed by atoms with Crippen molar-refractivity contribution in [2.75, 3.05) is 5.73 Å². The Balaban J connectivity index is 1.66. The van der Waals surface area contributed by atoms with Gasteiger partial charge in [0.05, 0.1) is 10.2 Å². The lowest BCUT2D eigenvalue weighted by molar-refractivity contribution is -0.00514. The highest BCUT2D eigenvalue weighted by Crippen LogP contribution is 2.61. The van der Waals surface area contributed by atoms with Crippen molar-refractivity contribution < 1.29 is 0 Å². The molecule has 0 saturated heterocycles. The Morgan fingerprint density at radius 1 is 1.10 bits per heavy atom. The minimum Gasteiger partial charge on any atom is -0.375 e. The van der Waals surface area contributed by atoms with Crippen molar-refractivity contribution in [1.29, 1.82) is 0 Å². The lowest BCUT2D eigenvalue weighted by Gasteiger charge is -2.57. The van der Waals surface area contributed by atoms with E-state index in [4.69, 9.17) is 5.73 Å². The Labute approximate surface area is 129 Å². The Hall–Kier alpha value is -1.09. The molecular formula is C18H22N2S. The van der Waals surface area contributed by atoms with E-state index in [0.717, 1.165) is 23.3 Å². The van der Waals surface area contributed by atoms with E-state index in [0.29, 0.717) is 10.5 Å². The number of aryl methyl sites for hydroxylation is 1. The second kappa shape index (κ2) is 4.01. The van der Waals surface area contributed by atoms with Crippen LogP contribution >= 0.6 is 11.3 Å². The molecule has 6 rings (SSSR count). The molecule has 21 heavy (non-hydrogen) atoms. The number of nitrogen functional groups attached to an aromatic ring is 1. The summed E-state index contributed by atoms with van der Waals surface area (Å²) in [5, 5.41) is 0.704. The molecule has 4 aliphatic rings. The average molecular weight is 298 g/mol. The van der Waals surface area contributed by atoms with Crippen molar-refractivity contribution in [3.63, 3.8) is 0 Å². The van der Waals surface area contributed by atoms with Crippen LogP contribution in [0.1, 0.15) is 49.7 Å². The van der Waals surface area contributed by atoms with Gasteiger partial charge in [-0.1, -0.05) is 17.4 Å². The molecule has 0 spiro atoms. The van der Waals surface area contributed by atoms with Crippen LogP contribution in [0.5, 0.6) is 0 Å². The van der Waals surface area contributed by atoms with Gasteiger partial charge in [0.2, 0.25) is 0 Å². The largest absolute Gasteiger partial charge is 0.375 e. The molecule has 4 saturated carbocycles. The predicted octanol–water partition coefficient (Wildman–Crippen LogP) is 4.65. The van der Waals surface area contributed by atoms with Crippen LogP contribution in [0, 0.1) is 24.7 Å². The first-order chi connectivity index (χ1) is 10.1. The molecule has 2 nitrogen and oxygen atoms in total. The van der Waals surface area contributed by atoms with Gasteiger partial charge < -0.3 is 5.73 Å². The minimum absolute atomic E-state index is 0.479. The van der Waals surface area contributed by atoms with Crippen LogP contribution in [0.25, 0.3) is 10.2 Å². The third-order valence-electron chi connectivity index (χ3n) is 6.35. The van der Waals surface area contributed by atoms with E-state index in [-0.39, 0.29) is 0 Å². The van der Waals surface area contributed by atoms with Gasteiger partial charge in [-0.2, -0.15) is 0 Å². The Kier molecular flexibility index (Phi) is 2.38. The van der Waals surface area contributed by atoms with Gasteiger partial charge in [-0.05, 0) is 85.8 Å². The summed E-state index contributed by atoms with van der Waals surface area (Å²) in [5.74, 6) is 3.00. The van der Waals surface area contributed by atoms with Gasteiger partial charge in [-0.15, -0.1) is 0 Å². The predicted molar refractivity (Wildman–Crippen MR) is 88.6 cm³/mol. The van der Waals surface area contributed by atoms with Crippen LogP contribution in [-0.2, 0) is 5.41 Å². The SMILES string of the molecule is Cc1cc(C23CC4CC(CC(C4)C2)C3)cc2sc(N)nc12. The number of benzene rings is 1. The Morgan fingerprint density at radius 2 is 1.71 bits per heavy atom. The highest BCUT2D eigenvalue weighted by Gasteiger charge is 2.51. The standard InChI is InChI=1S/C18H22N2S/c1-10-2-14(6-15-16(10)20-17(19)21-15)18-7-11-3-12(8-18)5-13(4-11)9-18/h2,6,11-13H,3-5,7-9H2,1H3,(H2,19,20). The van der Waals surface area contributed by atoms with Gasteiger partial charge >= 0.3 is 0 Å². The summed E-state index contributed by atoms with van der Waals surface area (Å²) in [5.41, 5.74) is 10.4. The summed E-state index contributed by atoms with van der Waals surface area (Å²) in [6.45, 7) is 2.20. The number of thiazole rings is 1. The quantitative estimate of drug-likeness (QED) is 0.832. The summed E-state index contributed by atoms with van der Waals surface area (Å²) < 4.78 is 1.29. The van der Waals surface area contributed by atoms with Gasteiger partial charge in [0, 0.05) is 0 Å². The molecule has 0 unspecified atom stereocenters. The van der Waals surface area contributed by atoms with Crippen LogP contribution in [0.15, 0.2) is 12.1 Å². The highest BCUT2D eigenvalue weighted by atomic mass is 32.1. The van der Waals surface area contributed by atoms with Crippen molar-refractivity contribution in [2.45, 2.75) is 50.9 Å². The molecule has 110 valence electrons. The summed E-state index contributed by atoms with van der Waals surface area (Å²) in [7, 11) is 0. The number of aromatic nitrogens is 1. The molecule has 1 heterocycles. The van der Waals surface area contributed by atoms with Crippen molar-refractivity contribution in [1.82, 2.24) is 4.98 Å². The molecule has 0 atom stereocenters. The van der Waals surface area contributed by atoms with Crippen LogP contribution in [0.3, 0.4) is 0 Å². The van der Waals surface area contributed by atoms with Crippen LogP contribution in [0.2, 0.25) is 0 Å². The summed E-state index contributed by atoms with van der Waals surface area (Å²) in [4.78, 5) is 4.50. The molecule has 4 bridgehead atoms. The molecule has 2 N–H and O–H groups in total. The van der Waals surface area contributed by atoms with Crippen molar-refractivity contribution in [3.8, 4) is 0 Å². The van der Waals surface area contributed by atoms with Crippen molar-refractivity contribution in [2.24, 2.45) is 17.8 Å². The van der Waals surface area contributed by atoms with Gasteiger partial charge in [0.1, 0.15) is 0 Å². The fourth-order valence-corrected chi connectivity index (χ4v) is 6.84. The number of anilines is 1. The van der Waals surface area contributed by atoms with E-state index in [2.05, 4.69) is 24.0 Å². The van der Waals surface area contributed by atoms with E-state index in [1.54, 1.807) is 16.9 Å². The molecular weight excluding hydrogens is 276 g/mol. The maximum Gasteiger partial charge on any atom is 0.181 e. The molecule has 0 amide bonds. The first-order valence-corrected chi connectivity index (χ1v) is 9.10. The maximum atomic E-state index is 5.92. The van der Waals surface area contributed by atoms with Crippen molar-refractivity contribution >= 4 is 26.7 Å². The number of hydrogen-bond donors (Lipinski definition) is 1. The highest BCUT2D eigenvalue weighted by molar-refractivity contribution is 7.22. The van der Waals surface area contributed by atoms with Gasteiger partial charge in [-0.25, -0.2) is 4.98 Å². The van der Waals surface area contributed by atoms with E-state index in [1.165, 1.54) is 48.8 Å². The lowest BCUT2D eigenvalue weighted by Crippen LogP contribution is -2.48. The maximum absolute atomic E-state index is 5.92.